The summed E-state index contributed by atoms with van der Waals surface area (Å²) in [6.45, 7) is 0. The Morgan fingerprint density at radius 2 is 2.14 bits per heavy atom. The SMILES string of the molecule is O=S(=O)(Cl)/N=C1\O[C@@H]2C=CC=C[C@H]1C2. The lowest BCUT2D eigenvalue weighted by atomic mass is 10.1. The topological polar surface area (TPSA) is 55.7 Å². The lowest BCUT2D eigenvalue weighted by molar-refractivity contribution is 0.269. The van der Waals surface area contributed by atoms with Crippen LogP contribution in [0.4, 0.5) is 0 Å². The van der Waals surface area contributed by atoms with Crippen molar-refractivity contribution < 1.29 is 13.2 Å². The van der Waals surface area contributed by atoms with Gasteiger partial charge in [0.05, 0.1) is 5.92 Å². The van der Waals surface area contributed by atoms with E-state index >= 15 is 0 Å². The third kappa shape index (κ3) is 2.16. The molecule has 1 aliphatic carbocycles. The summed E-state index contributed by atoms with van der Waals surface area (Å²) in [5.41, 5.74) is 0. The lowest BCUT2D eigenvalue weighted by Gasteiger charge is -2.04. The van der Waals surface area contributed by atoms with E-state index in [1.807, 2.05) is 24.3 Å². The summed E-state index contributed by atoms with van der Waals surface area (Å²) >= 11 is 0. The first-order valence-electron chi connectivity index (χ1n) is 4.11. The molecule has 0 spiro atoms. The van der Waals surface area contributed by atoms with Crippen molar-refractivity contribution in [1.29, 1.82) is 0 Å². The van der Waals surface area contributed by atoms with Gasteiger partial charge in [-0.05, 0) is 6.08 Å². The van der Waals surface area contributed by atoms with Crippen LogP contribution in [0.25, 0.3) is 0 Å². The maximum atomic E-state index is 10.7. The van der Waals surface area contributed by atoms with E-state index in [1.165, 1.54) is 0 Å². The van der Waals surface area contributed by atoms with E-state index < -0.39 is 9.24 Å². The van der Waals surface area contributed by atoms with Crippen LogP contribution in [0, 0.1) is 5.92 Å². The van der Waals surface area contributed by atoms with Gasteiger partial charge in [-0.3, -0.25) is 0 Å². The highest BCUT2D eigenvalue weighted by Crippen LogP contribution is 2.27. The van der Waals surface area contributed by atoms with Crippen LogP contribution in [-0.4, -0.2) is 20.4 Å². The van der Waals surface area contributed by atoms with Gasteiger partial charge in [0.1, 0.15) is 6.10 Å². The average molecular weight is 234 g/mol. The Hall–Kier alpha value is -0.810. The second-order valence-electron chi connectivity index (χ2n) is 3.11. The number of hydrogen-bond acceptors (Lipinski definition) is 3. The van der Waals surface area contributed by atoms with Crippen molar-refractivity contribution in [3.05, 3.63) is 24.3 Å². The Balaban J connectivity index is 2.30. The highest BCUT2D eigenvalue weighted by atomic mass is 35.7. The molecule has 2 bridgehead atoms. The van der Waals surface area contributed by atoms with Gasteiger partial charge in [0.2, 0.25) is 5.90 Å². The molecule has 0 N–H and O–H groups in total. The minimum atomic E-state index is -3.88. The fraction of sp³-hybridized carbons (Fsp3) is 0.375. The fourth-order valence-electron chi connectivity index (χ4n) is 1.50. The molecule has 0 unspecified atom stereocenters. The van der Waals surface area contributed by atoms with E-state index in [9.17, 15) is 8.42 Å². The maximum Gasteiger partial charge on any atom is 0.342 e. The van der Waals surface area contributed by atoms with Gasteiger partial charge < -0.3 is 4.74 Å². The monoisotopic (exact) mass is 233 g/mol. The van der Waals surface area contributed by atoms with Gasteiger partial charge >= 0.3 is 9.24 Å². The zero-order valence-electron chi connectivity index (χ0n) is 7.13. The molecule has 1 saturated heterocycles. The standard InChI is InChI=1S/C8H8ClNO3S/c9-14(11,12)10-8-6-3-1-2-4-7(5-6)13-8/h1-4,6-7H,5H2/b10-8-/t6-,7+/m0/s1. The van der Waals surface area contributed by atoms with Crippen LogP contribution in [-0.2, 0) is 14.0 Å². The summed E-state index contributed by atoms with van der Waals surface area (Å²) in [5, 5.41) is 0. The van der Waals surface area contributed by atoms with Gasteiger partial charge in [0.25, 0.3) is 0 Å². The number of fused-ring (bicyclic) bond motifs is 2. The summed E-state index contributed by atoms with van der Waals surface area (Å²) in [6.07, 6.45) is 8.06. The minimum Gasteiger partial charge on any atom is -0.472 e. The Kier molecular flexibility index (Phi) is 2.36. The van der Waals surface area contributed by atoms with Crippen molar-refractivity contribution in [1.82, 2.24) is 0 Å². The number of nitrogens with zero attached hydrogens (tertiary/aromatic N) is 1. The number of ether oxygens (including phenoxy) is 1. The fourth-order valence-corrected chi connectivity index (χ4v) is 2.10. The Bertz CT molecular complexity index is 424. The van der Waals surface area contributed by atoms with Gasteiger partial charge in [-0.15, -0.1) is 4.40 Å². The molecule has 0 aromatic carbocycles. The molecule has 0 amide bonds. The molecular formula is C8H8ClNO3S. The minimum absolute atomic E-state index is 0.0801. The quantitative estimate of drug-likeness (QED) is 0.644. The van der Waals surface area contributed by atoms with Gasteiger partial charge in [-0.2, -0.15) is 8.42 Å². The summed E-state index contributed by atoms with van der Waals surface area (Å²) in [4.78, 5) is 0. The predicted octanol–water partition coefficient (Wildman–Crippen LogP) is 1.40. The molecular weight excluding hydrogens is 226 g/mol. The molecule has 4 nitrogen and oxygen atoms in total. The highest BCUT2D eigenvalue weighted by molar-refractivity contribution is 8.12. The normalized spacial score (nSPS) is 33.1. The van der Waals surface area contributed by atoms with Crippen LogP contribution >= 0.6 is 10.7 Å². The van der Waals surface area contributed by atoms with Crippen LogP contribution in [0.2, 0.25) is 0 Å². The second-order valence-corrected chi connectivity index (χ2v) is 5.29. The van der Waals surface area contributed by atoms with Crippen molar-refractivity contribution in [3.8, 4) is 0 Å². The van der Waals surface area contributed by atoms with Crippen LogP contribution in [0.5, 0.6) is 0 Å². The molecule has 6 heteroatoms. The Morgan fingerprint density at radius 1 is 1.43 bits per heavy atom. The molecule has 1 heterocycles. The van der Waals surface area contributed by atoms with Crippen LogP contribution in [0.3, 0.4) is 0 Å². The zero-order valence-corrected chi connectivity index (χ0v) is 8.70. The summed E-state index contributed by atoms with van der Waals surface area (Å²) in [6, 6.07) is 0. The van der Waals surface area contributed by atoms with E-state index in [4.69, 9.17) is 15.4 Å². The van der Waals surface area contributed by atoms with Gasteiger partial charge in [0, 0.05) is 17.1 Å². The molecule has 0 saturated carbocycles. The Morgan fingerprint density at radius 3 is 2.86 bits per heavy atom. The van der Waals surface area contributed by atoms with Crippen molar-refractivity contribution in [2.24, 2.45) is 10.3 Å². The first-order valence-corrected chi connectivity index (χ1v) is 6.37. The zero-order chi connectivity index (χ0) is 10.2. The van der Waals surface area contributed by atoms with E-state index in [0.29, 0.717) is 0 Å². The third-order valence-corrected chi connectivity index (χ3v) is 2.66. The van der Waals surface area contributed by atoms with Gasteiger partial charge in [0.15, 0.2) is 0 Å². The van der Waals surface area contributed by atoms with Crippen LogP contribution < -0.4 is 0 Å². The van der Waals surface area contributed by atoms with Crippen LogP contribution in [0.1, 0.15) is 6.42 Å². The molecule has 2 rings (SSSR count). The molecule has 76 valence electrons. The molecule has 2 atom stereocenters. The summed E-state index contributed by atoms with van der Waals surface area (Å²) in [7, 11) is 1.13. The van der Waals surface area contributed by atoms with Gasteiger partial charge in [-0.25, -0.2) is 0 Å². The highest BCUT2D eigenvalue weighted by Gasteiger charge is 2.31. The number of allylic oxidation sites excluding steroid dienone is 2. The van der Waals surface area contributed by atoms with Crippen molar-refractivity contribution in [2.75, 3.05) is 0 Å². The first-order chi connectivity index (χ1) is 6.54. The van der Waals surface area contributed by atoms with Crippen molar-refractivity contribution >= 4 is 25.8 Å². The smallest absolute Gasteiger partial charge is 0.342 e. The second kappa shape index (κ2) is 3.40. The molecule has 14 heavy (non-hydrogen) atoms. The largest absolute Gasteiger partial charge is 0.472 e. The summed E-state index contributed by atoms with van der Waals surface area (Å²) < 4.78 is 30.1. The number of rotatable bonds is 1. The number of hydrogen-bond donors (Lipinski definition) is 0. The Labute approximate surface area is 86.5 Å². The van der Waals surface area contributed by atoms with Crippen molar-refractivity contribution in [2.45, 2.75) is 12.5 Å². The predicted molar refractivity (Wildman–Crippen MR) is 53.5 cm³/mol. The first kappa shape index (κ1) is 9.73. The number of halogens is 1. The van der Waals surface area contributed by atoms with E-state index in [-0.39, 0.29) is 17.9 Å². The lowest BCUT2D eigenvalue weighted by Crippen LogP contribution is -2.08. The van der Waals surface area contributed by atoms with E-state index in [2.05, 4.69) is 4.40 Å². The third-order valence-electron chi connectivity index (χ3n) is 2.05. The van der Waals surface area contributed by atoms with E-state index in [0.717, 1.165) is 6.42 Å². The van der Waals surface area contributed by atoms with Crippen molar-refractivity contribution in [3.63, 3.8) is 0 Å². The molecule has 1 fully saturated rings. The molecule has 0 aromatic heterocycles. The average Bonchev–Trinajstić information content (AvgIpc) is 2.29. The molecule has 2 aliphatic rings. The molecule has 1 aliphatic heterocycles. The van der Waals surface area contributed by atoms with Crippen LogP contribution in [0.15, 0.2) is 28.7 Å². The maximum absolute atomic E-state index is 10.7. The molecule has 0 radical (unpaired) electrons. The summed E-state index contributed by atoms with van der Waals surface area (Å²) in [5.74, 6) is 0.106. The van der Waals surface area contributed by atoms with Gasteiger partial charge in [-0.1, -0.05) is 18.2 Å². The van der Waals surface area contributed by atoms with E-state index in [1.54, 1.807) is 0 Å². The molecule has 0 aromatic rings.